The number of nitrogens with one attached hydrogen (secondary N) is 3. The predicted octanol–water partition coefficient (Wildman–Crippen LogP) is 1.03. The molecule has 0 spiro atoms. The minimum absolute atomic E-state index is 0.183. The van der Waals surface area contributed by atoms with Crippen molar-refractivity contribution in [2.45, 2.75) is 31.7 Å². The van der Waals surface area contributed by atoms with Crippen LogP contribution in [0.5, 0.6) is 0 Å². The Balaban J connectivity index is 1.25. The lowest BCUT2D eigenvalue weighted by Gasteiger charge is -2.38. The molecule has 3 aliphatic rings. The molecule has 0 bridgehead atoms. The molecule has 1 aromatic carbocycles. The summed E-state index contributed by atoms with van der Waals surface area (Å²) >= 11 is 0. The SMILES string of the molecule is O=C1CCC(Nc2ccc(N3CCN(CC4CCNCC4)CC3)cc2)C(=O)N1. The number of benzene rings is 1. The molecule has 4 rings (SSSR count). The molecule has 3 aliphatic heterocycles. The molecule has 7 heteroatoms. The van der Waals surface area contributed by atoms with Crippen molar-refractivity contribution in [1.29, 1.82) is 0 Å². The molecule has 0 aromatic heterocycles. The molecule has 28 heavy (non-hydrogen) atoms. The lowest BCUT2D eigenvalue weighted by molar-refractivity contribution is -0.133. The van der Waals surface area contributed by atoms with Gasteiger partial charge in [0.05, 0.1) is 0 Å². The predicted molar refractivity (Wildman–Crippen MR) is 110 cm³/mol. The highest BCUT2D eigenvalue weighted by Crippen LogP contribution is 2.22. The van der Waals surface area contributed by atoms with Gasteiger partial charge in [-0.15, -0.1) is 0 Å². The molecule has 3 N–H and O–H groups in total. The molecule has 1 unspecified atom stereocenters. The highest BCUT2D eigenvalue weighted by Gasteiger charge is 2.26. The third-order valence-corrected chi connectivity index (χ3v) is 6.16. The summed E-state index contributed by atoms with van der Waals surface area (Å²) in [5.41, 5.74) is 2.15. The maximum absolute atomic E-state index is 11.9. The molecule has 2 amide bonds. The molecule has 7 nitrogen and oxygen atoms in total. The first-order valence-electron chi connectivity index (χ1n) is 10.6. The number of carbonyl (C=O) groups is 2. The molecule has 3 heterocycles. The van der Waals surface area contributed by atoms with Gasteiger partial charge in [0.1, 0.15) is 6.04 Å². The second-order valence-corrected chi connectivity index (χ2v) is 8.18. The number of rotatable bonds is 5. The normalized spacial score (nSPS) is 24.9. The third kappa shape index (κ3) is 4.83. The number of hydrogen-bond donors (Lipinski definition) is 3. The van der Waals surface area contributed by atoms with Crippen molar-refractivity contribution >= 4 is 23.2 Å². The molecular weight excluding hydrogens is 354 g/mol. The first kappa shape index (κ1) is 19.2. The number of piperidine rings is 2. The van der Waals surface area contributed by atoms with E-state index in [0.29, 0.717) is 12.8 Å². The van der Waals surface area contributed by atoms with Gasteiger partial charge >= 0.3 is 0 Å². The maximum atomic E-state index is 11.9. The number of imide groups is 1. The van der Waals surface area contributed by atoms with Gasteiger partial charge in [-0.1, -0.05) is 0 Å². The van der Waals surface area contributed by atoms with Crippen LogP contribution in [0.3, 0.4) is 0 Å². The molecule has 3 fully saturated rings. The van der Waals surface area contributed by atoms with Crippen molar-refractivity contribution in [3.05, 3.63) is 24.3 Å². The van der Waals surface area contributed by atoms with E-state index >= 15 is 0 Å². The Hall–Kier alpha value is -2.12. The molecule has 0 saturated carbocycles. The van der Waals surface area contributed by atoms with E-state index in [4.69, 9.17) is 0 Å². The molecule has 1 atom stereocenters. The molecular formula is C21H31N5O2. The van der Waals surface area contributed by atoms with Gasteiger partial charge in [-0.25, -0.2) is 0 Å². The Morgan fingerprint density at radius 1 is 0.964 bits per heavy atom. The van der Waals surface area contributed by atoms with Crippen LogP contribution in [0.2, 0.25) is 0 Å². The van der Waals surface area contributed by atoms with Crippen LogP contribution in [-0.4, -0.2) is 68.6 Å². The van der Waals surface area contributed by atoms with E-state index in [9.17, 15) is 9.59 Å². The highest BCUT2D eigenvalue weighted by molar-refractivity contribution is 6.01. The summed E-state index contributed by atoms with van der Waals surface area (Å²) in [5, 5.41) is 9.07. The average molecular weight is 386 g/mol. The van der Waals surface area contributed by atoms with Crippen molar-refractivity contribution in [2.75, 3.05) is 56.0 Å². The highest BCUT2D eigenvalue weighted by atomic mass is 16.2. The monoisotopic (exact) mass is 385 g/mol. The van der Waals surface area contributed by atoms with Crippen LogP contribution < -0.4 is 20.9 Å². The fourth-order valence-corrected chi connectivity index (χ4v) is 4.42. The number of carbonyl (C=O) groups excluding carboxylic acids is 2. The maximum Gasteiger partial charge on any atom is 0.249 e. The van der Waals surface area contributed by atoms with Crippen LogP contribution in [0.4, 0.5) is 11.4 Å². The van der Waals surface area contributed by atoms with Crippen LogP contribution >= 0.6 is 0 Å². The lowest BCUT2D eigenvalue weighted by atomic mass is 9.97. The Bertz CT molecular complexity index is 679. The smallest absolute Gasteiger partial charge is 0.249 e. The number of nitrogens with zero attached hydrogens (tertiary/aromatic N) is 2. The van der Waals surface area contributed by atoms with E-state index in [1.807, 2.05) is 12.1 Å². The van der Waals surface area contributed by atoms with E-state index in [1.165, 1.54) is 38.2 Å². The van der Waals surface area contributed by atoms with E-state index in [1.54, 1.807) is 0 Å². The quantitative estimate of drug-likeness (QED) is 0.657. The molecule has 152 valence electrons. The van der Waals surface area contributed by atoms with Gasteiger partial charge in [-0.05, 0) is 62.5 Å². The summed E-state index contributed by atoms with van der Waals surface area (Å²) < 4.78 is 0. The zero-order chi connectivity index (χ0) is 19.3. The molecule has 0 radical (unpaired) electrons. The van der Waals surface area contributed by atoms with Crippen molar-refractivity contribution < 1.29 is 9.59 Å². The van der Waals surface area contributed by atoms with Crippen LogP contribution in [-0.2, 0) is 9.59 Å². The van der Waals surface area contributed by atoms with Crippen LogP contribution in [0.15, 0.2) is 24.3 Å². The van der Waals surface area contributed by atoms with Crippen LogP contribution in [0, 0.1) is 5.92 Å². The number of anilines is 2. The van der Waals surface area contributed by atoms with Gasteiger partial charge in [-0.3, -0.25) is 19.8 Å². The van der Waals surface area contributed by atoms with E-state index in [0.717, 1.165) is 37.8 Å². The Morgan fingerprint density at radius 3 is 2.36 bits per heavy atom. The molecule has 3 saturated heterocycles. The summed E-state index contributed by atoms with van der Waals surface area (Å²) in [5.74, 6) is 0.438. The number of amides is 2. The van der Waals surface area contributed by atoms with Gasteiger partial charge in [0, 0.05) is 50.5 Å². The van der Waals surface area contributed by atoms with Crippen molar-refractivity contribution in [3.8, 4) is 0 Å². The number of piperazine rings is 1. The molecule has 0 aliphatic carbocycles. The van der Waals surface area contributed by atoms with Crippen LogP contribution in [0.1, 0.15) is 25.7 Å². The molecule has 1 aromatic rings. The van der Waals surface area contributed by atoms with Gasteiger partial charge < -0.3 is 15.5 Å². The Labute approximate surface area is 166 Å². The minimum atomic E-state index is -0.331. The second kappa shape index (κ2) is 8.92. The second-order valence-electron chi connectivity index (χ2n) is 8.18. The summed E-state index contributed by atoms with van der Waals surface area (Å²) in [6.45, 7) is 7.95. The van der Waals surface area contributed by atoms with E-state index in [-0.39, 0.29) is 17.9 Å². The summed E-state index contributed by atoms with van der Waals surface area (Å²) in [4.78, 5) is 28.2. The van der Waals surface area contributed by atoms with Gasteiger partial charge in [0.25, 0.3) is 0 Å². The lowest BCUT2D eigenvalue weighted by Crippen LogP contribution is -2.48. The van der Waals surface area contributed by atoms with Gasteiger partial charge in [0.15, 0.2) is 0 Å². The largest absolute Gasteiger partial charge is 0.374 e. The first-order chi connectivity index (χ1) is 13.7. The summed E-state index contributed by atoms with van der Waals surface area (Å²) in [6, 6.07) is 7.97. The summed E-state index contributed by atoms with van der Waals surface area (Å²) in [7, 11) is 0. The Morgan fingerprint density at radius 2 is 1.68 bits per heavy atom. The topological polar surface area (TPSA) is 76.7 Å². The third-order valence-electron chi connectivity index (χ3n) is 6.16. The zero-order valence-electron chi connectivity index (χ0n) is 16.5. The fourth-order valence-electron chi connectivity index (χ4n) is 4.42. The minimum Gasteiger partial charge on any atom is -0.374 e. The Kier molecular flexibility index (Phi) is 6.12. The van der Waals surface area contributed by atoms with Crippen LogP contribution in [0.25, 0.3) is 0 Å². The van der Waals surface area contributed by atoms with Crippen molar-refractivity contribution in [1.82, 2.24) is 15.5 Å². The number of hydrogen-bond acceptors (Lipinski definition) is 6. The average Bonchev–Trinajstić information content (AvgIpc) is 2.72. The van der Waals surface area contributed by atoms with Gasteiger partial charge in [0.2, 0.25) is 11.8 Å². The van der Waals surface area contributed by atoms with Crippen molar-refractivity contribution in [3.63, 3.8) is 0 Å². The summed E-state index contributed by atoms with van der Waals surface area (Å²) in [6.07, 6.45) is 3.55. The van der Waals surface area contributed by atoms with Crippen molar-refractivity contribution in [2.24, 2.45) is 5.92 Å². The first-order valence-corrected chi connectivity index (χ1v) is 10.6. The van der Waals surface area contributed by atoms with Gasteiger partial charge in [-0.2, -0.15) is 0 Å². The fraction of sp³-hybridized carbons (Fsp3) is 0.619. The van der Waals surface area contributed by atoms with E-state index < -0.39 is 0 Å². The standard InChI is InChI=1S/C21H31N5O2/c27-20-6-5-19(21(28)24-20)23-17-1-3-18(4-2-17)26-13-11-25(12-14-26)15-16-7-9-22-10-8-16/h1-4,16,19,22-23H,5-15H2,(H,24,27,28). The van der Waals surface area contributed by atoms with E-state index in [2.05, 4.69) is 37.9 Å². The zero-order valence-corrected chi connectivity index (χ0v) is 16.5.